The molecule has 2 rings (SSSR count). The summed E-state index contributed by atoms with van der Waals surface area (Å²) in [6.07, 6.45) is 0.646. The van der Waals surface area contributed by atoms with E-state index < -0.39 is 21.7 Å². The van der Waals surface area contributed by atoms with Crippen LogP contribution < -0.4 is 0 Å². The Hall–Kier alpha value is -0.950. The summed E-state index contributed by atoms with van der Waals surface area (Å²) < 4.78 is 34.6. The fourth-order valence-corrected chi connectivity index (χ4v) is 3.29. The highest BCUT2D eigenvalue weighted by molar-refractivity contribution is 7.90. The highest BCUT2D eigenvalue weighted by Crippen LogP contribution is 2.37. The van der Waals surface area contributed by atoms with Gasteiger partial charge in [0.2, 0.25) is 5.79 Å². The quantitative estimate of drug-likeness (QED) is 0.877. The number of sulfone groups is 1. The minimum atomic E-state index is -3.29. The SMILES string of the molecule is Cc1ccccc1[C@]1(CS(C)(=O)=O)OC[C@@H](CO)O1. The molecule has 0 unspecified atom stereocenters. The summed E-state index contributed by atoms with van der Waals surface area (Å²) in [7, 11) is -3.29. The molecule has 1 N–H and O–H groups in total. The van der Waals surface area contributed by atoms with Crippen molar-refractivity contribution < 1.29 is 23.0 Å². The van der Waals surface area contributed by atoms with E-state index in [0.29, 0.717) is 5.56 Å². The normalized spacial score (nSPS) is 27.6. The second-order valence-corrected chi connectivity index (χ2v) is 7.01. The highest BCUT2D eigenvalue weighted by Gasteiger charge is 2.46. The molecule has 0 spiro atoms. The third kappa shape index (κ3) is 3.14. The van der Waals surface area contributed by atoms with Gasteiger partial charge in [-0.2, -0.15) is 0 Å². The average Bonchev–Trinajstić information content (AvgIpc) is 2.71. The van der Waals surface area contributed by atoms with Crippen LogP contribution >= 0.6 is 0 Å². The molecular formula is C13H18O5S. The first-order valence-corrected chi connectivity index (χ1v) is 8.09. The third-order valence-electron chi connectivity index (χ3n) is 3.07. The molecule has 0 amide bonds. The van der Waals surface area contributed by atoms with Gasteiger partial charge in [-0.05, 0) is 12.5 Å². The second-order valence-electron chi connectivity index (χ2n) is 4.87. The molecule has 1 aliphatic rings. The van der Waals surface area contributed by atoms with Crippen molar-refractivity contribution in [2.24, 2.45) is 0 Å². The van der Waals surface area contributed by atoms with Crippen LogP contribution in [-0.4, -0.2) is 44.9 Å². The Balaban J connectivity index is 2.44. The van der Waals surface area contributed by atoms with Gasteiger partial charge in [0.25, 0.3) is 0 Å². The first-order valence-electron chi connectivity index (χ1n) is 6.03. The standard InChI is InChI=1S/C13H18O5S/c1-10-5-3-4-6-12(10)13(9-19(2,15)16)17-8-11(7-14)18-13/h3-6,11,14H,7-9H2,1-2H3/t11-,13-/m1/s1. The summed E-state index contributed by atoms with van der Waals surface area (Å²) in [6.45, 7) is 1.86. The van der Waals surface area contributed by atoms with Crippen LogP contribution in [0.25, 0.3) is 0 Å². The molecule has 0 saturated carbocycles. The van der Waals surface area contributed by atoms with Crippen molar-refractivity contribution in [2.75, 3.05) is 25.2 Å². The molecule has 1 fully saturated rings. The van der Waals surface area contributed by atoms with E-state index in [1.807, 2.05) is 25.1 Å². The molecule has 0 bridgehead atoms. The molecule has 2 atom stereocenters. The van der Waals surface area contributed by atoms with Crippen molar-refractivity contribution in [1.29, 1.82) is 0 Å². The number of ether oxygens (including phenoxy) is 2. The number of aryl methyl sites for hydroxylation is 1. The van der Waals surface area contributed by atoms with E-state index in [-0.39, 0.29) is 19.0 Å². The van der Waals surface area contributed by atoms with Gasteiger partial charge in [-0.3, -0.25) is 0 Å². The molecule has 0 radical (unpaired) electrons. The third-order valence-corrected chi connectivity index (χ3v) is 3.98. The van der Waals surface area contributed by atoms with Crippen molar-refractivity contribution in [3.63, 3.8) is 0 Å². The van der Waals surface area contributed by atoms with Crippen LogP contribution in [0.3, 0.4) is 0 Å². The van der Waals surface area contributed by atoms with Crippen LogP contribution in [0, 0.1) is 6.92 Å². The summed E-state index contributed by atoms with van der Waals surface area (Å²) in [5.74, 6) is -1.58. The summed E-state index contributed by atoms with van der Waals surface area (Å²) >= 11 is 0. The van der Waals surface area contributed by atoms with E-state index in [2.05, 4.69) is 0 Å². The lowest BCUT2D eigenvalue weighted by atomic mass is 10.0. The summed E-state index contributed by atoms with van der Waals surface area (Å²) in [6, 6.07) is 7.34. The fraction of sp³-hybridized carbons (Fsp3) is 0.538. The van der Waals surface area contributed by atoms with Crippen LogP contribution in [0.2, 0.25) is 0 Å². The van der Waals surface area contributed by atoms with Crippen molar-refractivity contribution >= 4 is 9.84 Å². The second kappa shape index (κ2) is 5.20. The zero-order chi connectivity index (χ0) is 14.1. The summed E-state index contributed by atoms with van der Waals surface area (Å²) in [5.41, 5.74) is 1.58. The number of hydrogen-bond acceptors (Lipinski definition) is 5. The van der Waals surface area contributed by atoms with Gasteiger partial charge < -0.3 is 14.6 Å². The lowest BCUT2D eigenvalue weighted by molar-refractivity contribution is -0.162. The molecule has 1 aromatic carbocycles. The Morgan fingerprint density at radius 1 is 1.42 bits per heavy atom. The Labute approximate surface area is 113 Å². The first-order chi connectivity index (χ1) is 8.86. The topological polar surface area (TPSA) is 72.8 Å². The number of rotatable bonds is 4. The maximum atomic E-state index is 11.6. The summed E-state index contributed by atoms with van der Waals surface area (Å²) in [5, 5.41) is 9.16. The monoisotopic (exact) mass is 286 g/mol. The molecular weight excluding hydrogens is 268 g/mol. The molecule has 6 heteroatoms. The van der Waals surface area contributed by atoms with Crippen molar-refractivity contribution in [3.8, 4) is 0 Å². The Kier molecular flexibility index (Phi) is 3.96. The lowest BCUT2D eigenvalue weighted by Gasteiger charge is -2.29. The van der Waals surface area contributed by atoms with Crippen molar-refractivity contribution in [3.05, 3.63) is 35.4 Å². The lowest BCUT2D eigenvalue weighted by Crippen LogP contribution is -2.37. The Morgan fingerprint density at radius 2 is 2.11 bits per heavy atom. The van der Waals surface area contributed by atoms with Crippen LogP contribution in [0.15, 0.2) is 24.3 Å². The number of aliphatic hydroxyl groups is 1. The van der Waals surface area contributed by atoms with E-state index in [4.69, 9.17) is 14.6 Å². The Morgan fingerprint density at radius 3 is 2.63 bits per heavy atom. The molecule has 5 nitrogen and oxygen atoms in total. The van der Waals surface area contributed by atoms with Gasteiger partial charge in [0, 0.05) is 11.8 Å². The van der Waals surface area contributed by atoms with Crippen LogP contribution in [-0.2, 0) is 25.1 Å². The number of aliphatic hydroxyl groups excluding tert-OH is 1. The predicted molar refractivity (Wildman–Crippen MR) is 70.5 cm³/mol. The van der Waals surface area contributed by atoms with Crippen LogP contribution in [0.1, 0.15) is 11.1 Å². The molecule has 0 aliphatic carbocycles. The van der Waals surface area contributed by atoms with Gasteiger partial charge in [-0.1, -0.05) is 24.3 Å². The smallest absolute Gasteiger partial charge is 0.209 e. The van der Waals surface area contributed by atoms with Crippen molar-refractivity contribution in [1.82, 2.24) is 0 Å². The van der Waals surface area contributed by atoms with Crippen molar-refractivity contribution in [2.45, 2.75) is 18.8 Å². The predicted octanol–water partition coefficient (Wildman–Crippen LogP) is 0.600. The van der Waals surface area contributed by atoms with E-state index in [1.54, 1.807) is 6.07 Å². The van der Waals surface area contributed by atoms with Gasteiger partial charge in [0.05, 0.1) is 13.2 Å². The maximum Gasteiger partial charge on any atom is 0.209 e. The molecule has 19 heavy (non-hydrogen) atoms. The van der Waals surface area contributed by atoms with Gasteiger partial charge in [0.15, 0.2) is 9.84 Å². The van der Waals surface area contributed by atoms with Gasteiger partial charge in [-0.25, -0.2) is 8.42 Å². The molecule has 1 aliphatic heterocycles. The van der Waals surface area contributed by atoms with E-state index >= 15 is 0 Å². The molecule has 106 valence electrons. The minimum Gasteiger partial charge on any atom is -0.394 e. The van der Waals surface area contributed by atoms with Gasteiger partial charge >= 0.3 is 0 Å². The Bertz CT molecular complexity index is 554. The molecule has 1 heterocycles. The maximum absolute atomic E-state index is 11.6. The summed E-state index contributed by atoms with van der Waals surface area (Å²) in [4.78, 5) is 0. The van der Waals surface area contributed by atoms with Crippen LogP contribution in [0.5, 0.6) is 0 Å². The zero-order valence-corrected chi connectivity index (χ0v) is 11.8. The first kappa shape index (κ1) is 14.5. The largest absolute Gasteiger partial charge is 0.394 e. The molecule has 0 aromatic heterocycles. The number of hydrogen-bond donors (Lipinski definition) is 1. The molecule has 1 saturated heterocycles. The average molecular weight is 286 g/mol. The fourth-order valence-electron chi connectivity index (χ4n) is 2.29. The van der Waals surface area contributed by atoms with E-state index in [0.717, 1.165) is 11.8 Å². The number of benzene rings is 1. The van der Waals surface area contributed by atoms with Crippen LogP contribution in [0.4, 0.5) is 0 Å². The van der Waals surface area contributed by atoms with Gasteiger partial charge in [0.1, 0.15) is 11.9 Å². The zero-order valence-electron chi connectivity index (χ0n) is 11.0. The highest BCUT2D eigenvalue weighted by atomic mass is 32.2. The minimum absolute atomic E-state index is 0.181. The van der Waals surface area contributed by atoms with Gasteiger partial charge in [-0.15, -0.1) is 0 Å². The molecule has 1 aromatic rings. The van der Waals surface area contributed by atoms with E-state index in [1.165, 1.54) is 0 Å². The van der Waals surface area contributed by atoms with E-state index in [9.17, 15) is 8.42 Å².